The first kappa shape index (κ1) is 24.9. The molecule has 0 saturated carbocycles. The zero-order valence-electron chi connectivity index (χ0n) is 17.5. The number of carbonyl (C=O) groups is 1. The quantitative estimate of drug-likeness (QED) is 0.376. The number of halogens is 3. The molecule has 3 aromatic rings. The van der Waals surface area contributed by atoms with Crippen LogP contribution in [-0.2, 0) is 0 Å². The maximum absolute atomic E-state index is 13.4. The van der Waals surface area contributed by atoms with E-state index >= 15 is 0 Å². The van der Waals surface area contributed by atoms with Crippen molar-refractivity contribution in [1.82, 2.24) is 9.88 Å². The maximum Gasteiger partial charge on any atom is 0.261 e. The molecule has 4 nitrogen and oxygen atoms in total. The van der Waals surface area contributed by atoms with Crippen LogP contribution in [0.4, 0.5) is 5.13 Å². The Hall–Kier alpha value is -1.37. The number of nitrogens with zero attached hydrogens (tertiary/aromatic N) is 3. The Morgan fingerprint density at radius 1 is 1.03 bits per heavy atom. The summed E-state index contributed by atoms with van der Waals surface area (Å²) >= 11 is 14.0. The highest BCUT2D eigenvalue weighted by Crippen LogP contribution is 2.32. The summed E-state index contributed by atoms with van der Waals surface area (Å²) in [6.07, 6.45) is 0. The fraction of sp³-hybridized carbons (Fsp3) is 0.364. The highest BCUT2D eigenvalue weighted by atomic mass is 35.5. The lowest BCUT2D eigenvalue weighted by molar-refractivity contribution is 0.0984. The lowest BCUT2D eigenvalue weighted by Crippen LogP contribution is -2.39. The second kappa shape index (κ2) is 10.8. The van der Waals surface area contributed by atoms with Gasteiger partial charge in [0.25, 0.3) is 5.91 Å². The first-order chi connectivity index (χ1) is 13.8. The van der Waals surface area contributed by atoms with Crippen LogP contribution in [0.2, 0.25) is 10.0 Å². The number of hydrogen-bond donors (Lipinski definition) is 0. The molecule has 0 fully saturated rings. The summed E-state index contributed by atoms with van der Waals surface area (Å²) in [6.45, 7) is 11.5. The number of thiazole rings is 1. The summed E-state index contributed by atoms with van der Waals surface area (Å²) < 4.78 is 1.07. The van der Waals surface area contributed by atoms with Crippen LogP contribution >= 0.6 is 46.9 Å². The van der Waals surface area contributed by atoms with Crippen LogP contribution in [0.25, 0.3) is 10.2 Å². The molecule has 0 aliphatic heterocycles. The van der Waals surface area contributed by atoms with Crippen molar-refractivity contribution in [2.75, 3.05) is 31.1 Å². The number of benzene rings is 2. The number of likely N-dealkylation sites (N-methyl/N-ethyl adjacent to an activating group) is 1. The molecule has 1 amide bonds. The minimum absolute atomic E-state index is 0. The van der Waals surface area contributed by atoms with Gasteiger partial charge in [-0.15, -0.1) is 12.4 Å². The van der Waals surface area contributed by atoms with Gasteiger partial charge < -0.3 is 4.90 Å². The van der Waals surface area contributed by atoms with Crippen LogP contribution in [0.15, 0.2) is 30.3 Å². The van der Waals surface area contributed by atoms with Gasteiger partial charge in [0.2, 0.25) is 0 Å². The van der Waals surface area contributed by atoms with Gasteiger partial charge in [-0.05, 0) is 68.4 Å². The molecule has 162 valence electrons. The molecule has 1 aromatic heterocycles. The monoisotopic (exact) mass is 485 g/mol. The van der Waals surface area contributed by atoms with E-state index in [0.717, 1.165) is 29.9 Å². The third-order valence-corrected chi connectivity index (χ3v) is 6.77. The molecular formula is C22H26Cl3N3OS. The van der Waals surface area contributed by atoms with E-state index in [1.165, 1.54) is 22.5 Å². The van der Waals surface area contributed by atoms with Crippen molar-refractivity contribution in [3.8, 4) is 0 Å². The first-order valence-electron chi connectivity index (χ1n) is 9.71. The number of amides is 1. The number of carbonyl (C=O) groups excluding carboxylic acids is 1. The molecule has 0 N–H and O–H groups in total. The molecule has 30 heavy (non-hydrogen) atoms. The molecule has 3 rings (SSSR count). The summed E-state index contributed by atoms with van der Waals surface area (Å²) in [7, 11) is 0. The van der Waals surface area contributed by atoms with Crippen molar-refractivity contribution in [3.63, 3.8) is 0 Å². The van der Waals surface area contributed by atoms with Crippen LogP contribution in [0.1, 0.15) is 35.3 Å². The molecular weight excluding hydrogens is 461 g/mol. The topological polar surface area (TPSA) is 36.4 Å². The largest absolute Gasteiger partial charge is 0.302 e. The molecule has 0 radical (unpaired) electrons. The van der Waals surface area contributed by atoms with Crippen molar-refractivity contribution < 1.29 is 4.79 Å². The number of rotatable bonds is 7. The number of anilines is 1. The summed E-state index contributed by atoms with van der Waals surface area (Å²) in [5.74, 6) is -0.183. The fourth-order valence-corrected chi connectivity index (χ4v) is 4.60. The zero-order chi connectivity index (χ0) is 21.1. The van der Waals surface area contributed by atoms with Gasteiger partial charge in [-0.1, -0.05) is 48.4 Å². The van der Waals surface area contributed by atoms with Crippen LogP contribution in [0.5, 0.6) is 0 Å². The second-order valence-electron chi connectivity index (χ2n) is 7.01. The molecule has 0 unspecified atom stereocenters. The van der Waals surface area contributed by atoms with Crippen molar-refractivity contribution in [3.05, 3.63) is 57.1 Å². The van der Waals surface area contributed by atoms with E-state index in [9.17, 15) is 4.79 Å². The molecule has 8 heteroatoms. The summed E-state index contributed by atoms with van der Waals surface area (Å²) in [6, 6.07) is 9.17. The van der Waals surface area contributed by atoms with Crippen molar-refractivity contribution >= 4 is 68.2 Å². The molecule has 0 aliphatic rings. The van der Waals surface area contributed by atoms with Gasteiger partial charge in [-0.2, -0.15) is 0 Å². The van der Waals surface area contributed by atoms with Gasteiger partial charge in [0.1, 0.15) is 0 Å². The summed E-state index contributed by atoms with van der Waals surface area (Å²) in [5.41, 5.74) is 3.70. The molecule has 0 bridgehead atoms. The number of hydrogen-bond acceptors (Lipinski definition) is 4. The van der Waals surface area contributed by atoms with E-state index in [-0.39, 0.29) is 18.3 Å². The van der Waals surface area contributed by atoms with Crippen LogP contribution in [-0.4, -0.2) is 42.0 Å². The SMILES string of the molecule is CCN(CC)CCN(C(=O)c1cc(Cl)ccc1Cl)c1nc2cc(C)c(C)cc2s1.Cl. The molecule has 2 aromatic carbocycles. The predicted octanol–water partition coefficient (Wildman–Crippen LogP) is 6.63. The highest BCUT2D eigenvalue weighted by Gasteiger charge is 2.24. The minimum Gasteiger partial charge on any atom is -0.302 e. The zero-order valence-corrected chi connectivity index (χ0v) is 20.7. The summed E-state index contributed by atoms with van der Waals surface area (Å²) in [4.78, 5) is 22.2. The van der Waals surface area contributed by atoms with E-state index in [0.29, 0.717) is 27.3 Å². The van der Waals surface area contributed by atoms with E-state index in [2.05, 4.69) is 44.7 Å². The number of fused-ring (bicyclic) bond motifs is 1. The van der Waals surface area contributed by atoms with Gasteiger partial charge in [-0.3, -0.25) is 9.69 Å². The van der Waals surface area contributed by atoms with Crippen LogP contribution in [0, 0.1) is 13.8 Å². The third-order valence-electron chi connectivity index (χ3n) is 5.16. The molecule has 1 heterocycles. The van der Waals surface area contributed by atoms with Crippen LogP contribution in [0.3, 0.4) is 0 Å². The van der Waals surface area contributed by atoms with E-state index in [4.69, 9.17) is 28.2 Å². The first-order valence-corrected chi connectivity index (χ1v) is 11.3. The van der Waals surface area contributed by atoms with E-state index in [1.54, 1.807) is 23.1 Å². The molecule has 0 atom stereocenters. The van der Waals surface area contributed by atoms with Crippen molar-refractivity contribution in [2.45, 2.75) is 27.7 Å². The average molecular weight is 487 g/mol. The van der Waals surface area contributed by atoms with E-state index in [1.807, 2.05) is 0 Å². The Bertz CT molecular complexity index is 995. The Morgan fingerprint density at radius 2 is 1.70 bits per heavy atom. The predicted molar refractivity (Wildman–Crippen MR) is 132 cm³/mol. The van der Waals surface area contributed by atoms with Crippen molar-refractivity contribution in [1.29, 1.82) is 0 Å². The fourth-order valence-electron chi connectivity index (χ4n) is 3.16. The normalized spacial score (nSPS) is 11.0. The van der Waals surface area contributed by atoms with Gasteiger partial charge in [0.15, 0.2) is 5.13 Å². The molecule has 0 aliphatic carbocycles. The Balaban J connectivity index is 0.00000320. The van der Waals surface area contributed by atoms with Crippen molar-refractivity contribution in [2.24, 2.45) is 0 Å². The van der Waals surface area contributed by atoms with E-state index < -0.39 is 0 Å². The molecule has 0 saturated heterocycles. The van der Waals surface area contributed by atoms with Gasteiger partial charge >= 0.3 is 0 Å². The van der Waals surface area contributed by atoms with Crippen LogP contribution < -0.4 is 4.90 Å². The summed E-state index contributed by atoms with van der Waals surface area (Å²) in [5, 5.41) is 1.55. The Labute approximate surface area is 198 Å². The van der Waals surface area contributed by atoms with Gasteiger partial charge in [0, 0.05) is 18.1 Å². The standard InChI is InChI=1S/C22H25Cl2N3OS.ClH/c1-5-26(6-2)9-10-27(21(28)17-13-16(23)7-8-18(17)24)22-25-19-11-14(3)15(4)12-20(19)29-22;/h7-8,11-13H,5-6,9-10H2,1-4H3;1H. The lowest BCUT2D eigenvalue weighted by atomic mass is 10.1. The Morgan fingerprint density at radius 3 is 2.37 bits per heavy atom. The third kappa shape index (κ3) is 5.45. The second-order valence-corrected chi connectivity index (χ2v) is 8.86. The highest BCUT2D eigenvalue weighted by molar-refractivity contribution is 7.22. The van der Waals surface area contributed by atoms with Gasteiger partial charge in [-0.25, -0.2) is 4.98 Å². The number of aryl methyl sites for hydroxylation is 2. The lowest BCUT2D eigenvalue weighted by Gasteiger charge is -2.25. The molecule has 0 spiro atoms. The maximum atomic E-state index is 13.4. The number of aromatic nitrogens is 1. The van der Waals surface area contributed by atoms with Gasteiger partial charge in [0.05, 0.1) is 20.8 Å². The smallest absolute Gasteiger partial charge is 0.261 e. The average Bonchev–Trinajstić information content (AvgIpc) is 3.09. The minimum atomic E-state index is -0.183. The Kier molecular flexibility index (Phi) is 8.95.